The van der Waals surface area contributed by atoms with Gasteiger partial charge in [0.05, 0.1) is 13.7 Å². The Bertz CT molecular complexity index is 342. The molecule has 90 valence electrons. The van der Waals surface area contributed by atoms with E-state index in [1.807, 2.05) is 19.1 Å². The Hall–Kier alpha value is -0.770. The van der Waals surface area contributed by atoms with Gasteiger partial charge in [0.25, 0.3) is 0 Å². The summed E-state index contributed by atoms with van der Waals surface area (Å²) >= 11 is 6.05. The summed E-state index contributed by atoms with van der Waals surface area (Å²) in [6.45, 7) is 3.75. The number of ether oxygens (including phenoxy) is 2. The first kappa shape index (κ1) is 13.3. The first-order valence-electron chi connectivity index (χ1n) is 5.30. The van der Waals surface area contributed by atoms with Crippen molar-refractivity contribution in [3.05, 3.63) is 28.3 Å². The van der Waals surface area contributed by atoms with Crippen LogP contribution in [0.2, 0.25) is 5.02 Å². The molecular weight excluding hydrogens is 226 g/mol. The third kappa shape index (κ3) is 3.67. The lowest BCUT2D eigenvalue weighted by molar-refractivity contribution is 0.118. The molecule has 0 saturated carbocycles. The van der Waals surface area contributed by atoms with Gasteiger partial charge in [0.1, 0.15) is 5.75 Å². The van der Waals surface area contributed by atoms with Crippen molar-refractivity contribution in [2.24, 2.45) is 5.73 Å². The van der Waals surface area contributed by atoms with Crippen molar-refractivity contribution < 1.29 is 9.47 Å². The second-order valence-electron chi connectivity index (χ2n) is 3.61. The first-order valence-corrected chi connectivity index (χ1v) is 5.67. The molecule has 0 unspecified atom stereocenters. The van der Waals surface area contributed by atoms with Gasteiger partial charge in [0, 0.05) is 17.2 Å². The van der Waals surface area contributed by atoms with Crippen LogP contribution in [-0.4, -0.2) is 20.3 Å². The fourth-order valence-electron chi connectivity index (χ4n) is 1.37. The highest BCUT2D eigenvalue weighted by Crippen LogP contribution is 2.27. The van der Waals surface area contributed by atoms with E-state index in [0.29, 0.717) is 19.8 Å². The van der Waals surface area contributed by atoms with Gasteiger partial charge >= 0.3 is 0 Å². The molecule has 1 aromatic rings. The molecule has 2 N–H and O–H groups in total. The zero-order chi connectivity index (χ0) is 12.0. The van der Waals surface area contributed by atoms with Gasteiger partial charge in [-0.1, -0.05) is 11.6 Å². The van der Waals surface area contributed by atoms with Crippen LogP contribution < -0.4 is 10.5 Å². The van der Waals surface area contributed by atoms with E-state index in [9.17, 15) is 0 Å². The van der Waals surface area contributed by atoms with Gasteiger partial charge < -0.3 is 15.2 Å². The smallest absolute Gasteiger partial charge is 0.124 e. The van der Waals surface area contributed by atoms with Gasteiger partial charge in [-0.3, -0.25) is 0 Å². The quantitative estimate of drug-likeness (QED) is 0.781. The van der Waals surface area contributed by atoms with Crippen LogP contribution in [0.15, 0.2) is 12.1 Å². The Labute approximate surface area is 101 Å². The number of rotatable bonds is 6. The van der Waals surface area contributed by atoms with E-state index in [4.69, 9.17) is 26.8 Å². The summed E-state index contributed by atoms with van der Waals surface area (Å²) in [7, 11) is 1.64. The number of halogens is 1. The maximum absolute atomic E-state index is 6.05. The molecule has 1 aromatic carbocycles. The van der Waals surface area contributed by atoms with Crippen molar-refractivity contribution in [3.63, 3.8) is 0 Å². The van der Waals surface area contributed by atoms with Crippen LogP contribution >= 0.6 is 11.6 Å². The highest BCUT2D eigenvalue weighted by atomic mass is 35.5. The Morgan fingerprint density at radius 2 is 2.12 bits per heavy atom. The van der Waals surface area contributed by atoms with Gasteiger partial charge in [0.15, 0.2) is 0 Å². The van der Waals surface area contributed by atoms with Gasteiger partial charge in [-0.15, -0.1) is 0 Å². The van der Waals surface area contributed by atoms with Crippen molar-refractivity contribution in [2.45, 2.75) is 20.0 Å². The number of hydrogen-bond donors (Lipinski definition) is 1. The summed E-state index contributed by atoms with van der Waals surface area (Å²) in [4.78, 5) is 0. The van der Waals surface area contributed by atoms with Crippen LogP contribution in [0.3, 0.4) is 0 Å². The molecular formula is C12H18ClNO2. The molecule has 0 aliphatic heterocycles. The lowest BCUT2D eigenvalue weighted by Gasteiger charge is -2.11. The van der Waals surface area contributed by atoms with Crippen LogP contribution in [0.1, 0.15) is 17.5 Å². The van der Waals surface area contributed by atoms with Crippen LogP contribution in [0.25, 0.3) is 0 Å². The fourth-order valence-corrected chi connectivity index (χ4v) is 1.55. The minimum absolute atomic E-state index is 0.503. The second-order valence-corrected chi connectivity index (χ2v) is 4.02. The Morgan fingerprint density at radius 1 is 1.38 bits per heavy atom. The summed E-state index contributed by atoms with van der Waals surface area (Å²) in [5.74, 6) is 0.814. The molecule has 0 fully saturated rings. The SMILES string of the molecule is COc1cc(C)c(Cl)cc1COCCCN. The molecule has 1 rings (SSSR count). The second kappa shape index (κ2) is 6.74. The standard InChI is InChI=1S/C12H18ClNO2/c1-9-6-12(15-2)10(7-11(9)13)8-16-5-3-4-14/h6-7H,3-5,8,14H2,1-2H3. The van der Waals surface area contributed by atoms with E-state index >= 15 is 0 Å². The molecule has 0 aliphatic rings. The number of aryl methyl sites for hydroxylation is 1. The number of methoxy groups -OCH3 is 1. The summed E-state index contributed by atoms with van der Waals surface area (Å²) in [6, 6.07) is 3.81. The highest BCUT2D eigenvalue weighted by Gasteiger charge is 2.06. The van der Waals surface area contributed by atoms with Crippen molar-refractivity contribution in [1.82, 2.24) is 0 Å². The minimum atomic E-state index is 0.503. The van der Waals surface area contributed by atoms with E-state index < -0.39 is 0 Å². The molecule has 0 bridgehead atoms. The lowest BCUT2D eigenvalue weighted by atomic mass is 10.1. The van der Waals surface area contributed by atoms with Gasteiger partial charge in [-0.05, 0) is 37.6 Å². The first-order chi connectivity index (χ1) is 7.69. The normalized spacial score (nSPS) is 10.5. The van der Waals surface area contributed by atoms with Crippen molar-refractivity contribution in [3.8, 4) is 5.75 Å². The monoisotopic (exact) mass is 243 g/mol. The van der Waals surface area contributed by atoms with E-state index in [2.05, 4.69) is 0 Å². The molecule has 16 heavy (non-hydrogen) atoms. The third-order valence-corrected chi connectivity index (χ3v) is 2.72. The average molecular weight is 244 g/mol. The van der Waals surface area contributed by atoms with Gasteiger partial charge in [-0.25, -0.2) is 0 Å². The van der Waals surface area contributed by atoms with Gasteiger partial charge in [0.2, 0.25) is 0 Å². The minimum Gasteiger partial charge on any atom is -0.496 e. The topological polar surface area (TPSA) is 44.5 Å². The molecule has 4 heteroatoms. The zero-order valence-electron chi connectivity index (χ0n) is 9.75. The highest BCUT2D eigenvalue weighted by molar-refractivity contribution is 6.31. The molecule has 0 radical (unpaired) electrons. The number of hydrogen-bond acceptors (Lipinski definition) is 3. The van der Waals surface area contributed by atoms with Crippen molar-refractivity contribution in [1.29, 1.82) is 0 Å². The Morgan fingerprint density at radius 3 is 2.75 bits per heavy atom. The zero-order valence-corrected chi connectivity index (χ0v) is 10.5. The maximum atomic E-state index is 6.05. The summed E-state index contributed by atoms with van der Waals surface area (Å²) in [6.07, 6.45) is 0.863. The molecule has 0 heterocycles. The van der Waals surface area contributed by atoms with Crippen molar-refractivity contribution >= 4 is 11.6 Å². The lowest BCUT2D eigenvalue weighted by Crippen LogP contribution is -2.05. The summed E-state index contributed by atoms with van der Waals surface area (Å²) in [5.41, 5.74) is 7.35. The predicted molar refractivity (Wildman–Crippen MR) is 66.1 cm³/mol. The van der Waals surface area contributed by atoms with E-state index in [1.165, 1.54) is 0 Å². The molecule has 0 amide bonds. The van der Waals surface area contributed by atoms with Crippen LogP contribution in [-0.2, 0) is 11.3 Å². The van der Waals surface area contributed by atoms with E-state index in [1.54, 1.807) is 7.11 Å². The Balaban J connectivity index is 2.66. The van der Waals surface area contributed by atoms with Gasteiger partial charge in [-0.2, -0.15) is 0 Å². The fraction of sp³-hybridized carbons (Fsp3) is 0.500. The van der Waals surface area contributed by atoms with Crippen LogP contribution in [0.5, 0.6) is 5.75 Å². The third-order valence-electron chi connectivity index (χ3n) is 2.31. The molecule has 0 spiro atoms. The average Bonchev–Trinajstić information content (AvgIpc) is 2.28. The largest absolute Gasteiger partial charge is 0.496 e. The molecule has 0 atom stereocenters. The van der Waals surface area contributed by atoms with Crippen LogP contribution in [0.4, 0.5) is 0 Å². The molecule has 0 aliphatic carbocycles. The van der Waals surface area contributed by atoms with Crippen molar-refractivity contribution in [2.75, 3.05) is 20.3 Å². The molecule has 0 saturated heterocycles. The molecule has 0 aromatic heterocycles. The summed E-state index contributed by atoms with van der Waals surface area (Å²) < 4.78 is 10.8. The Kier molecular flexibility index (Phi) is 5.60. The predicted octanol–water partition coefficient (Wildman–Crippen LogP) is 2.52. The number of benzene rings is 1. The summed E-state index contributed by atoms with van der Waals surface area (Å²) in [5, 5.41) is 0.734. The number of nitrogens with two attached hydrogens (primary N) is 1. The van der Waals surface area contributed by atoms with Crippen LogP contribution in [0, 0.1) is 6.92 Å². The maximum Gasteiger partial charge on any atom is 0.124 e. The molecule has 3 nitrogen and oxygen atoms in total. The van der Waals surface area contributed by atoms with E-state index in [-0.39, 0.29) is 0 Å². The van der Waals surface area contributed by atoms with E-state index in [0.717, 1.165) is 28.3 Å².